The van der Waals surface area contributed by atoms with Crippen molar-refractivity contribution in [3.05, 3.63) is 29.8 Å². The highest BCUT2D eigenvalue weighted by atomic mass is 19.1. The molecule has 0 atom stereocenters. The lowest BCUT2D eigenvalue weighted by Gasteiger charge is -2.07. The molecule has 2 amide bonds. The van der Waals surface area contributed by atoms with Crippen LogP contribution in [0, 0.1) is 17.0 Å². The van der Waals surface area contributed by atoms with Gasteiger partial charge in [-0.25, -0.2) is 13.6 Å². The van der Waals surface area contributed by atoms with Gasteiger partial charge in [-0.15, -0.1) is 0 Å². The van der Waals surface area contributed by atoms with Gasteiger partial charge >= 0.3 is 6.03 Å². The second kappa shape index (κ2) is 5.78. The third kappa shape index (κ3) is 4.45. The molecule has 1 rings (SSSR count). The number of urea groups is 1. The Labute approximate surface area is 96.5 Å². The van der Waals surface area contributed by atoms with Crippen LogP contribution in [0.2, 0.25) is 0 Å². The Kier molecular flexibility index (Phi) is 4.38. The minimum Gasteiger partial charge on any atom is -0.388 e. The van der Waals surface area contributed by atoms with Gasteiger partial charge in [0.25, 0.3) is 0 Å². The van der Waals surface area contributed by atoms with Crippen molar-refractivity contribution >= 4 is 17.6 Å². The van der Waals surface area contributed by atoms with E-state index in [0.29, 0.717) is 6.07 Å². The minimum atomic E-state index is -0.855. The molecule has 0 saturated heterocycles. The van der Waals surface area contributed by atoms with E-state index < -0.39 is 17.7 Å². The summed E-state index contributed by atoms with van der Waals surface area (Å²) < 4.78 is 25.7. The Bertz CT molecular complexity index is 436. The molecule has 0 saturated carbocycles. The molecule has 1 aromatic rings. The van der Waals surface area contributed by atoms with E-state index in [9.17, 15) is 13.6 Å². The number of halogens is 2. The van der Waals surface area contributed by atoms with Crippen LogP contribution in [0.25, 0.3) is 0 Å². The highest BCUT2D eigenvalue weighted by molar-refractivity contribution is 5.89. The molecule has 0 aliphatic heterocycles. The quantitative estimate of drug-likeness (QED) is 0.475. The number of hydrogen-bond acceptors (Lipinski definition) is 2. The van der Waals surface area contributed by atoms with Crippen LogP contribution in [0.5, 0.6) is 0 Å². The van der Waals surface area contributed by atoms with Crippen molar-refractivity contribution in [2.24, 2.45) is 5.73 Å². The summed E-state index contributed by atoms with van der Waals surface area (Å²) in [4.78, 5) is 11.2. The fourth-order valence-corrected chi connectivity index (χ4v) is 1.07. The molecule has 0 unspecified atom stereocenters. The average molecular weight is 242 g/mol. The topological polar surface area (TPSA) is 91.0 Å². The predicted octanol–water partition coefficient (Wildman–Crippen LogP) is 1.41. The summed E-state index contributed by atoms with van der Waals surface area (Å²) in [6.07, 6.45) is 0.208. The number of hydrogen-bond donors (Lipinski definition) is 4. The molecular formula is C10H12F2N4O. The molecule has 0 radical (unpaired) electrons. The SMILES string of the molecule is N=C(N)CCNC(=O)Nc1ccc(F)cc1F. The highest BCUT2D eigenvalue weighted by Crippen LogP contribution is 2.14. The van der Waals surface area contributed by atoms with Crippen molar-refractivity contribution in [3.63, 3.8) is 0 Å². The number of amidine groups is 1. The highest BCUT2D eigenvalue weighted by Gasteiger charge is 2.07. The molecule has 0 bridgehead atoms. The van der Waals surface area contributed by atoms with Gasteiger partial charge in [-0.3, -0.25) is 5.41 Å². The first-order valence-electron chi connectivity index (χ1n) is 4.82. The number of rotatable bonds is 4. The van der Waals surface area contributed by atoms with E-state index >= 15 is 0 Å². The van der Waals surface area contributed by atoms with Crippen molar-refractivity contribution in [3.8, 4) is 0 Å². The molecule has 0 aromatic heterocycles. The average Bonchev–Trinajstić information content (AvgIpc) is 2.21. The summed E-state index contributed by atoms with van der Waals surface area (Å²) in [6, 6.07) is 2.19. The van der Waals surface area contributed by atoms with Gasteiger partial charge < -0.3 is 16.4 Å². The van der Waals surface area contributed by atoms with Crippen LogP contribution in [0.1, 0.15) is 6.42 Å². The lowest BCUT2D eigenvalue weighted by Crippen LogP contribution is -2.31. The summed E-state index contributed by atoms with van der Waals surface area (Å²) in [6.45, 7) is 0.171. The molecule has 0 heterocycles. The number of carbonyl (C=O) groups excluding carboxylic acids is 1. The van der Waals surface area contributed by atoms with E-state index in [1.165, 1.54) is 0 Å². The van der Waals surface area contributed by atoms with Crippen molar-refractivity contribution in [2.45, 2.75) is 6.42 Å². The smallest absolute Gasteiger partial charge is 0.319 e. The Morgan fingerprint density at radius 3 is 2.71 bits per heavy atom. The first kappa shape index (κ1) is 12.9. The summed E-state index contributed by atoms with van der Waals surface area (Å²) in [5.74, 6) is -1.63. The third-order valence-corrected chi connectivity index (χ3v) is 1.86. The van der Waals surface area contributed by atoms with Crippen LogP contribution in [0.3, 0.4) is 0 Å². The fourth-order valence-electron chi connectivity index (χ4n) is 1.07. The van der Waals surface area contributed by atoms with Gasteiger partial charge in [0.1, 0.15) is 11.6 Å². The second-order valence-corrected chi connectivity index (χ2v) is 3.28. The normalized spacial score (nSPS) is 9.76. The molecule has 0 spiro atoms. The van der Waals surface area contributed by atoms with E-state index in [1.54, 1.807) is 0 Å². The van der Waals surface area contributed by atoms with Crippen LogP contribution < -0.4 is 16.4 Å². The summed E-state index contributed by atoms with van der Waals surface area (Å²) in [5, 5.41) is 11.5. The monoisotopic (exact) mass is 242 g/mol. The minimum absolute atomic E-state index is 0.0572. The van der Waals surface area contributed by atoms with E-state index in [-0.39, 0.29) is 24.5 Å². The third-order valence-electron chi connectivity index (χ3n) is 1.86. The first-order chi connectivity index (χ1) is 7.99. The Balaban J connectivity index is 2.48. The van der Waals surface area contributed by atoms with E-state index in [2.05, 4.69) is 10.6 Å². The largest absolute Gasteiger partial charge is 0.388 e. The summed E-state index contributed by atoms with van der Waals surface area (Å²) >= 11 is 0. The zero-order valence-electron chi connectivity index (χ0n) is 8.89. The van der Waals surface area contributed by atoms with Crippen molar-refractivity contribution in [1.29, 1.82) is 5.41 Å². The summed E-state index contributed by atoms with van der Waals surface area (Å²) in [5.41, 5.74) is 4.96. The van der Waals surface area contributed by atoms with Gasteiger partial charge in [0.15, 0.2) is 0 Å². The maximum absolute atomic E-state index is 13.1. The molecule has 17 heavy (non-hydrogen) atoms. The molecule has 1 aromatic carbocycles. The molecular weight excluding hydrogens is 230 g/mol. The molecule has 92 valence electrons. The van der Waals surface area contributed by atoms with E-state index in [4.69, 9.17) is 11.1 Å². The van der Waals surface area contributed by atoms with E-state index in [0.717, 1.165) is 12.1 Å². The van der Waals surface area contributed by atoms with Gasteiger partial charge in [-0.05, 0) is 12.1 Å². The standard InChI is InChI=1S/C10H12F2N4O/c11-6-1-2-8(7(12)5-6)16-10(17)15-4-3-9(13)14/h1-2,5H,3-4H2,(H3,13,14)(H2,15,16,17). The Hall–Kier alpha value is -2.18. The van der Waals surface area contributed by atoms with Gasteiger partial charge in [0, 0.05) is 19.0 Å². The van der Waals surface area contributed by atoms with Gasteiger partial charge in [-0.1, -0.05) is 0 Å². The molecule has 0 aliphatic carbocycles. The van der Waals surface area contributed by atoms with Crippen LogP contribution >= 0.6 is 0 Å². The van der Waals surface area contributed by atoms with Crippen LogP contribution in [0.4, 0.5) is 19.3 Å². The predicted molar refractivity (Wildman–Crippen MR) is 59.9 cm³/mol. The Morgan fingerprint density at radius 1 is 1.41 bits per heavy atom. The van der Waals surface area contributed by atoms with Crippen LogP contribution in [-0.2, 0) is 0 Å². The molecule has 5 N–H and O–H groups in total. The molecule has 0 aliphatic rings. The number of anilines is 1. The zero-order chi connectivity index (χ0) is 12.8. The summed E-state index contributed by atoms with van der Waals surface area (Å²) in [7, 11) is 0. The van der Waals surface area contributed by atoms with Gasteiger partial charge in [0.05, 0.1) is 11.5 Å². The molecule has 7 heteroatoms. The number of benzene rings is 1. The first-order valence-corrected chi connectivity index (χ1v) is 4.82. The van der Waals surface area contributed by atoms with Crippen molar-refractivity contribution < 1.29 is 13.6 Å². The lowest BCUT2D eigenvalue weighted by molar-refractivity contribution is 0.252. The second-order valence-electron chi connectivity index (χ2n) is 3.28. The van der Waals surface area contributed by atoms with Crippen LogP contribution in [-0.4, -0.2) is 18.4 Å². The van der Waals surface area contributed by atoms with Gasteiger partial charge in [-0.2, -0.15) is 0 Å². The van der Waals surface area contributed by atoms with Gasteiger partial charge in [0.2, 0.25) is 0 Å². The molecule has 0 fully saturated rings. The Morgan fingerprint density at radius 2 is 2.12 bits per heavy atom. The lowest BCUT2D eigenvalue weighted by atomic mass is 10.3. The number of amides is 2. The number of carbonyl (C=O) groups is 1. The fraction of sp³-hybridized carbons (Fsp3) is 0.200. The maximum Gasteiger partial charge on any atom is 0.319 e. The maximum atomic E-state index is 13.1. The number of nitrogens with two attached hydrogens (primary N) is 1. The van der Waals surface area contributed by atoms with Crippen molar-refractivity contribution in [2.75, 3.05) is 11.9 Å². The number of nitrogens with one attached hydrogen (secondary N) is 3. The van der Waals surface area contributed by atoms with Crippen LogP contribution in [0.15, 0.2) is 18.2 Å². The zero-order valence-corrected chi connectivity index (χ0v) is 8.89. The molecule has 5 nitrogen and oxygen atoms in total. The van der Waals surface area contributed by atoms with Crippen molar-refractivity contribution in [1.82, 2.24) is 5.32 Å². The van der Waals surface area contributed by atoms with E-state index in [1.807, 2.05) is 0 Å².